The minimum Gasteiger partial charge on any atom is -0.462 e. The van der Waals surface area contributed by atoms with E-state index in [1.54, 1.807) is 19.9 Å². The van der Waals surface area contributed by atoms with Gasteiger partial charge in [0.1, 0.15) is 9.71 Å². The molecule has 1 saturated heterocycles. The second-order valence-electron chi connectivity index (χ2n) is 7.05. The SMILES string of the molecule is CCOC(=O)c1sc2nc(/C(Cl)=C/c3ccc(N4CCOCC4)cc3)[nH]c(=O)c2c1C. The summed E-state index contributed by atoms with van der Waals surface area (Å²) < 4.78 is 10.5. The Morgan fingerprint density at radius 3 is 2.71 bits per heavy atom. The standard InChI is InChI=1S/C22H22ClN3O4S/c1-3-30-22(28)18-13(2)17-20(27)24-19(25-21(17)31-18)16(23)12-14-4-6-15(7-5-14)26-8-10-29-11-9-26/h4-7,12H,3,8-11H2,1-2H3,(H,24,25,27)/b16-12-. The van der Waals surface area contributed by atoms with Crippen molar-refractivity contribution >= 4 is 55.9 Å². The number of aromatic amines is 1. The van der Waals surface area contributed by atoms with Crippen LogP contribution in [0.3, 0.4) is 0 Å². The lowest BCUT2D eigenvalue weighted by Crippen LogP contribution is -2.36. The fourth-order valence-electron chi connectivity index (χ4n) is 3.47. The average Bonchev–Trinajstić information content (AvgIpc) is 3.12. The van der Waals surface area contributed by atoms with Gasteiger partial charge >= 0.3 is 5.97 Å². The number of halogens is 1. The van der Waals surface area contributed by atoms with Gasteiger partial charge in [0.25, 0.3) is 5.56 Å². The van der Waals surface area contributed by atoms with Crippen molar-refractivity contribution in [1.82, 2.24) is 9.97 Å². The lowest BCUT2D eigenvalue weighted by atomic mass is 10.1. The largest absolute Gasteiger partial charge is 0.462 e. The molecule has 1 fully saturated rings. The Labute approximate surface area is 188 Å². The third-order valence-corrected chi connectivity index (χ3v) is 6.50. The van der Waals surface area contributed by atoms with Gasteiger partial charge in [-0.1, -0.05) is 23.7 Å². The maximum Gasteiger partial charge on any atom is 0.348 e. The summed E-state index contributed by atoms with van der Waals surface area (Å²) in [6.45, 7) is 6.92. The highest BCUT2D eigenvalue weighted by Gasteiger charge is 2.20. The minimum absolute atomic E-state index is 0.257. The van der Waals surface area contributed by atoms with Gasteiger partial charge < -0.3 is 19.4 Å². The fourth-order valence-corrected chi connectivity index (χ4v) is 4.76. The predicted molar refractivity (Wildman–Crippen MR) is 124 cm³/mol. The number of nitrogens with zero attached hydrogens (tertiary/aromatic N) is 2. The molecule has 1 aromatic carbocycles. The molecule has 0 spiro atoms. The molecule has 4 rings (SSSR count). The van der Waals surface area contributed by atoms with Crippen LogP contribution in [-0.2, 0) is 9.47 Å². The number of aromatic nitrogens is 2. The maximum absolute atomic E-state index is 12.6. The smallest absolute Gasteiger partial charge is 0.348 e. The summed E-state index contributed by atoms with van der Waals surface area (Å²) in [5.74, 6) is -0.195. The highest BCUT2D eigenvalue weighted by Crippen LogP contribution is 2.29. The number of H-pyrrole nitrogens is 1. The molecule has 7 nitrogen and oxygen atoms in total. The number of carbonyl (C=O) groups excluding carboxylic acids is 1. The summed E-state index contributed by atoms with van der Waals surface area (Å²) >= 11 is 7.61. The lowest BCUT2D eigenvalue weighted by Gasteiger charge is -2.28. The number of hydrogen-bond acceptors (Lipinski definition) is 7. The molecule has 0 saturated carbocycles. The van der Waals surface area contributed by atoms with Crippen LogP contribution in [0.4, 0.5) is 5.69 Å². The molecule has 0 radical (unpaired) electrons. The third kappa shape index (κ3) is 4.51. The number of benzene rings is 1. The van der Waals surface area contributed by atoms with E-state index in [1.165, 1.54) is 0 Å². The summed E-state index contributed by atoms with van der Waals surface area (Å²) in [4.78, 5) is 35.1. The first-order valence-electron chi connectivity index (χ1n) is 9.98. The minimum atomic E-state index is -0.453. The first kappa shape index (κ1) is 21.5. The van der Waals surface area contributed by atoms with E-state index < -0.39 is 5.97 Å². The van der Waals surface area contributed by atoms with E-state index in [-0.39, 0.29) is 18.0 Å². The summed E-state index contributed by atoms with van der Waals surface area (Å²) in [5.41, 5.74) is 2.25. The first-order chi connectivity index (χ1) is 15.0. The third-order valence-electron chi connectivity index (χ3n) is 5.05. The zero-order chi connectivity index (χ0) is 22.0. The number of rotatable bonds is 5. The normalized spacial score (nSPS) is 14.8. The molecule has 2 aromatic heterocycles. The van der Waals surface area contributed by atoms with E-state index in [0.29, 0.717) is 25.7 Å². The highest BCUT2D eigenvalue weighted by atomic mass is 35.5. The van der Waals surface area contributed by atoms with Gasteiger partial charge in [0.15, 0.2) is 5.82 Å². The number of nitrogens with one attached hydrogen (secondary N) is 1. The quantitative estimate of drug-likeness (QED) is 0.579. The van der Waals surface area contributed by atoms with Gasteiger partial charge in [-0.3, -0.25) is 4.79 Å². The molecule has 3 aromatic rings. The molecule has 0 aliphatic carbocycles. The van der Waals surface area contributed by atoms with Gasteiger partial charge in [0, 0.05) is 18.8 Å². The Morgan fingerprint density at radius 1 is 1.32 bits per heavy atom. The van der Waals surface area contributed by atoms with Gasteiger partial charge in [-0.05, 0) is 43.2 Å². The van der Waals surface area contributed by atoms with Crippen molar-refractivity contribution in [2.45, 2.75) is 13.8 Å². The van der Waals surface area contributed by atoms with Crippen LogP contribution in [0.15, 0.2) is 29.1 Å². The molecule has 0 bridgehead atoms. The summed E-state index contributed by atoms with van der Waals surface area (Å²) in [6.07, 6.45) is 1.75. The molecule has 0 amide bonds. The number of thiophene rings is 1. The van der Waals surface area contributed by atoms with Crippen molar-refractivity contribution in [1.29, 1.82) is 0 Å². The van der Waals surface area contributed by atoms with Gasteiger partial charge in [-0.15, -0.1) is 11.3 Å². The van der Waals surface area contributed by atoms with E-state index in [2.05, 4.69) is 14.9 Å². The first-order valence-corrected chi connectivity index (χ1v) is 11.2. The Hall–Kier alpha value is -2.68. The van der Waals surface area contributed by atoms with E-state index in [1.807, 2.05) is 24.3 Å². The van der Waals surface area contributed by atoms with Crippen LogP contribution in [0, 0.1) is 6.92 Å². The van der Waals surface area contributed by atoms with Crippen LogP contribution in [0.5, 0.6) is 0 Å². The second-order valence-corrected chi connectivity index (χ2v) is 8.46. The molecule has 1 aliphatic heterocycles. The van der Waals surface area contributed by atoms with Crippen LogP contribution < -0.4 is 10.5 Å². The number of fused-ring (bicyclic) bond motifs is 1. The topological polar surface area (TPSA) is 84.5 Å². The predicted octanol–water partition coefficient (Wildman–Crippen LogP) is 4.04. The number of aryl methyl sites for hydroxylation is 1. The number of anilines is 1. The fraction of sp³-hybridized carbons (Fsp3) is 0.318. The molecule has 0 atom stereocenters. The zero-order valence-electron chi connectivity index (χ0n) is 17.2. The van der Waals surface area contributed by atoms with Gasteiger partial charge in [0.2, 0.25) is 0 Å². The van der Waals surface area contributed by atoms with Crippen LogP contribution in [-0.4, -0.2) is 48.8 Å². The van der Waals surface area contributed by atoms with Crippen LogP contribution in [0.2, 0.25) is 0 Å². The van der Waals surface area contributed by atoms with Gasteiger partial charge in [0.05, 0.1) is 30.2 Å². The number of carbonyl (C=O) groups is 1. The van der Waals surface area contributed by atoms with Gasteiger partial charge in [-0.25, -0.2) is 9.78 Å². The van der Waals surface area contributed by atoms with Crippen molar-refractivity contribution in [2.24, 2.45) is 0 Å². The number of morpholine rings is 1. The second kappa shape index (κ2) is 9.21. The summed E-state index contributed by atoms with van der Waals surface area (Å²) in [5, 5.41) is 0.693. The molecule has 31 heavy (non-hydrogen) atoms. The Kier molecular flexibility index (Phi) is 6.41. The van der Waals surface area contributed by atoms with Crippen LogP contribution in [0.25, 0.3) is 21.3 Å². The number of ether oxygens (including phenoxy) is 2. The molecule has 1 aliphatic rings. The average molecular weight is 460 g/mol. The van der Waals surface area contributed by atoms with Crippen LogP contribution >= 0.6 is 22.9 Å². The number of esters is 1. The van der Waals surface area contributed by atoms with E-state index in [4.69, 9.17) is 21.1 Å². The van der Waals surface area contributed by atoms with Crippen molar-refractivity contribution in [3.05, 3.63) is 56.4 Å². The van der Waals surface area contributed by atoms with Crippen molar-refractivity contribution in [3.8, 4) is 0 Å². The van der Waals surface area contributed by atoms with E-state index in [0.717, 1.165) is 48.9 Å². The van der Waals surface area contributed by atoms with Crippen molar-refractivity contribution in [2.75, 3.05) is 37.8 Å². The monoisotopic (exact) mass is 459 g/mol. The lowest BCUT2D eigenvalue weighted by molar-refractivity contribution is 0.0531. The van der Waals surface area contributed by atoms with E-state index >= 15 is 0 Å². The highest BCUT2D eigenvalue weighted by molar-refractivity contribution is 7.20. The van der Waals surface area contributed by atoms with Gasteiger partial charge in [-0.2, -0.15) is 0 Å². The molecule has 0 unspecified atom stereocenters. The Morgan fingerprint density at radius 2 is 2.03 bits per heavy atom. The van der Waals surface area contributed by atoms with Crippen LogP contribution in [0.1, 0.15) is 33.5 Å². The molecule has 9 heteroatoms. The molecule has 1 N–H and O–H groups in total. The Balaban J connectivity index is 1.62. The molecular formula is C22H22ClN3O4S. The molecular weight excluding hydrogens is 438 g/mol. The molecule has 162 valence electrons. The van der Waals surface area contributed by atoms with Crippen molar-refractivity contribution in [3.63, 3.8) is 0 Å². The number of hydrogen-bond donors (Lipinski definition) is 1. The maximum atomic E-state index is 12.6. The summed E-state index contributed by atoms with van der Waals surface area (Å²) in [6, 6.07) is 8.01. The Bertz CT molecular complexity index is 1190. The summed E-state index contributed by atoms with van der Waals surface area (Å²) in [7, 11) is 0. The van der Waals surface area contributed by atoms with E-state index in [9.17, 15) is 9.59 Å². The molecule has 3 heterocycles. The van der Waals surface area contributed by atoms with Crippen molar-refractivity contribution < 1.29 is 14.3 Å². The zero-order valence-corrected chi connectivity index (χ0v) is 18.8.